The molecule has 0 radical (unpaired) electrons. The van der Waals surface area contributed by atoms with Gasteiger partial charge in [0.25, 0.3) is 0 Å². The molecule has 62 valence electrons. The molecule has 0 aromatic rings. The van der Waals surface area contributed by atoms with Crippen LogP contribution in [0.15, 0.2) is 0 Å². The molecule has 0 saturated carbocycles. The van der Waals surface area contributed by atoms with E-state index in [1.165, 1.54) is 6.42 Å². The smallest absolute Gasteiger partial charge is 0.0655 e. The SMILES string of the molecule is CCCN[C@@H](CC)COP. The Morgan fingerprint density at radius 3 is 2.60 bits per heavy atom. The molecule has 1 N–H and O–H groups in total. The third-order valence-corrected chi connectivity index (χ3v) is 1.67. The summed E-state index contributed by atoms with van der Waals surface area (Å²) in [4.78, 5) is 0. The van der Waals surface area contributed by atoms with Gasteiger partial charge in [0, 0.05) is 15.5 Å². The van der Waals surface area contributed by atoms with Gasteiger partial charge in [-0.25, -0.2) is 0 Å². The van der Waals surface area contributed by atoms with E-state index >= 15 is 0 Å². The summed E-state index contributed by atoms with van der Waals surface area (Å²) in [6, 6.07) is 0.525. The molecule has 0 spiro atoms. The van der Waals surface area contributed by atoms with E-state index in [4.69, 9.17) is 4.52 Å². The maximum atomic E-state index is 4.95. The van der Waals surface area contributed by atoms with E-state index in [9.17, 15) is 0 Å². The standard InChI is InChI=1S/C7H18NOP/c1-3-5-8-7(4-2)6-9-10/h7-8H,3-6,10H2,1-2H3/t7-/m0/s1. The van der Waals surface area contributed by atoms with E-state index in [-0.39, 0.29) is 0 Å². The highest BCUT2D eigenvalue weighted by Crippen LogP contribution is 1.95. The summed E-state index contributed by atoms with van der Waals surface area (Å²) >= 11 is 0. The van der Waals surface area contributed by atoms with Crippen LogP contribution in [0.25, 0.3) is 0 Å². The van der Waals surface area contributed by atoms with Crippen molar-refractivity contribution in [1.82, 2.24) is 5.32 Å². The summed E-state index contributed by atoms with van der Waals surface area (Å²) in [6.45, 7) is 6.21. The summed E-state index contributed by atoms with van der Waals surface area (Å²) in [5.41, 5.74) is 0. The van der Waals surface area contributed by atoms with Crippen LogP contribution in [0, 0.1) is 0 Å². The van der Waals surface area contributed by atoms with Gasteiger partial charge in [0.1, 0.15) is 0 Å². The van der Waals surface area contributed by atoms with Crippen molar-refractivity contribution in [1.29, 1.82) is 0 Å². The van der Waals surface area contributed by atoms with Gasteiger partial charge in [-0.15, -0.1) is 0 Å². The maximum absolute atomic E-state index is 4.95. The molecular formula is C7H18NOP. The van der Waals surface area contributed by atoms with Crippen LogP contribution in [0.3, 0.4) is 0 Å². The normalized spacial score (nSPS) is 13.5. The quantitative estimate of drug-likeness (QED) is 0.600. The van der Waals surface area contributed by atoms with Crippen molar-refractivity contribution in [3.63, 3.8) is 0 Å². The molecule has 0 amide bonds. The molecule has 0 bridgehead atoms. The summed E-state index contributed by atoms with van der Waals surface area (Å²) in [5, 5.41) is 3.38. The Labute approximate surface area is 66.0 Å². The topological polar surface area (TPSA) is 21.3 Å². The summed E-state index contributed by atoms with van der Waals surface area (Å²) in [7, 11) is 2.28. The molecular weight excluding hydrogens is 145 g/mol. The molecule has 0 aromatic carbocycles. The van der Waals surface area contributed by atoms with Crippen molar-refractivity contribution in [3.05, 3.63) is 0 Å². The highest BCUT2D eigenvalue weighted by molar-refractivity contribution is 7.09. The van der Waals surface area contributed by atoms with Crippen LogP contribution in [0.5, 0.6) is 0 Å². The minimum atomic E-state index is 0.525. The lowest BCUT2D eigenvalue weighted by Gasteiger charge is -2.14. The third-order valence-electron chi connectivity index (χ3n) is 1.47. The van der Waals surface area contributed by atoms with Gasteiger partial charge in [0.15, 0.2) is 0 Å². The van der Waals surface area contributed by atoms with Crippen LogP contribution < -0.4 is 5.32 Å². The molecule has 0 rings (SSSR count). The highest BCUT2D eigenvalue weighted by Gasteiger charge is 2.01. The maximum Gasteiger partial charge on any atom is 0.0655 e. The Balaban J connectivity index is 3.21. The van der Waals surface area contributed by atoms with Gasteiger partial charge in [-0.1, -0.05) is 13.8 Å². The number of hydrogen-bond donors (Lipinski definition) is 1. The fraction of sp³-hybridized carbons (Fsp3) is 1.00. The first-order valence-corrected chi connectivity index (χ1v) is 4.37. The lowest BCUT2D eigenvalue weighted by molar-refractivity contribution is 0.296. The molecule has 0 aromatic heterocycles. The Hall–Kier alpha value is 0.350. The zero-order valence-corrected chi connectivity index (χ0v) is 8.05. The molecule has 0 saturated heterocycles. The van der Waals surface area contributed by atoms with Crippen molar-refractivity contribution in [3.8, 4) is 0 Å². The molecule has 2 atom stereocenters. The minimum absolute atomic E-state index is 0.525. The second-order valence-corrected chi connectivity index (χ2v) is 2.73. The first-order valence-electron chi connectivity index (χ1n) is 3.90. The number of hydrogen-bond acceptors (Lipinski definition) is 2. The molecule has 0 aliphatic rings. The van der Waals surface area contributed by atoms with Gasteiger partial charge < -0.3 is 9.84 Å². The van der Waals surface area contributed by atoms with Crippen molar-refractivity contribution in [2.24, 2.45) is 0 Å². The van der Waals surface area contributed by atoms with E-state index in [1.807, 2.05) is 0 Å². The number of nitrogens with one attached hydrogen (secondary N) is 1. The van der Waals surface area contributed by atoms with Gasteiger partial charge in [0.05, 0.1) is 6.61 Å². The van der Waals surface area contributed by atoms with Gasteiger partial charge >= 0.3 is 0 Å². The third kappa shape index (κ3) is 5.16. The van der Waals surface area contributed by atoms with E-state index < -0.39 is 0 Å². The van der Waals surface area contributed by atoms with Crippen molar-refractivity contribution in [2.45, 2.75) is 32.7 Å². The molecule has 3 heteroatoms. The monoisotopic (exact) mass is 163 g/mol. The fourth-order valence-corrected chi connectivity index (χ4v) is 1.02. The molecule has 0 heterocycles. The number of rotatable bonds is 6. The zero-order chi connectivity index (χ0) is 7.82. The fourth-order valence-electron chi connectivity index (χ4n) is 0.786. The Bertz CT molecular complexity index is 70.6. The van der Waals surface area contributed by atoms with Gasteiger partial charge in [-0.05, 0) is 19.4 Å². The predicted octanol–water partition coefficient (Wildman–Crippen LogP) is 1.57. The van der Waals surface area contributed by atoms with E-state index in [0.717, 1.165) is 19.6 Å². The summed E-state index contributed by atoms with van der Waals surface area (Å²) in [6.07, 6.45) is 2.32. The van der Waals surface area contributed by atoms with Crippen molar-refractivity contribution >= 4 is 9.47 Å². The minimum Gasteiger partial charge on any atom is -0.364 e. The van der Waals surface area contributed by atoms with Crippen LogP contribution in [-0.2, 0) is 4.52 Å². The van der Waals surface area contributed by atoms with E-state index in [2.05, 4.69) is 28.6 Å². The molecule has 2 nitrogen and oxygen atoms in total. The van der Waals surface area contributed by atoms with Crippen LogP contribution in [0.4, 0.5) is 0 Å². The van der Waals surface area contributed by atoms with Crippen molar-refractivity contribution < 1.29 is 4.52 Å². The van der Waals surface area contributed by atoms with Crippen LogP contribution >= 0.6 is 9.47 Å². The molecule has 0 fully saturated rings. The van der Waals surface area contributed by atoms with Gasteiger partial charge in [-0.3, -0.25) is 0 Å². The van der Waals surface area contributed by atoms with E-state index in [0.29, 0.717) is 6.04 Å². The van der Waals surface area contributed by atoms with Crippen LogP contribution in [0.1, 0.15) is 26.7 Å². The molecule has 0 aliphatic carbocycles. The molecule has 0 aliphatic heterocycles. The van der Waals surface area contributed by atoms with Crippen molar-refractivity contribution in [2.75, 3.05) is 13.2 Å². The molecule has 10 heavy (non-hydrogen) atoms. The largest absolute Gasteiger partial charge is 0.364 e. The lowest BCUT2D eigenvalue weighted by atomic mass is 10.2. The Morgan fingerprint density at radius 1 is 1.50 bits per heavy atom. The average molecular weight is 163 g/mol. The van der Waals surface area contributed by atoms with Gasteiger partial charge in [0.2, 0.25) is 0 Å². The summed E-state index contributed by atoms with van der Waals surface area (Å²) in [5.74, 6) is 0. The second-order valence-electron chi connectivity index (χ2n) is 2.39. The van der Waals surface area contributed by atoms with Crippen LogP contribution in [0.2, 0.25) is 0 Å². The van der Waals surface area contributed by atoms with Gasteiger partial charge in [-0.2, -0.15) is 0 Å². The predicted molar refractivity (Wildman–Crippen MR) is 48.0 cm³/mol. The average Bonchev–Trinajstić information content (AvgIpc) is 1.98. The Morgan fingerprint density at radius 2 is 2.20 bits per heavy atom. The second kappa shape index (κ2) is 7.46. The van der Waals surface area contributed by atoms with Crippen LogP contribution in [-0.4, -0.2) is 19.2 Å². The lowest BCUT2D eigenvalue weighted by Crippen LogP contribution is -2.32. The first kappa shape index (κ1) is 10.3. The Kier molecular flexibility index (Phi) is 7.72. The summed E-state index contributed by atoms with van der Waals surface area (Å²) < 4.78 is 4.95. The van der Waals surface area contributed by atoms with E-state index in [1.54, 1.807) is 0 Å². The zero-order valence-electron chi connectivity index (χ0n) is 6.89. The molecule has 1 unspecified atom stereocenters. The first-order chi connectivity index (χ1) is 4.85. The highest BCUT2D eigenvalue weighted by atomic mass is 31.0.